The summed E-state index contributed by atoms with van der Waals surface area (Å²) in [5.74, 6) is 0. The average Bonchev–Trinajstić information content (AvgIpc) is 3.25. The Hall–Kier alpha value is -3.94. The van der Waals surface area contributed by atoms with Crippen LogP contribution < -0.4 is 0 Å². The van der Waals surface area contributed by atoms with E-state index in [1.165, 1.54) is 55.6 Å². The number of benzene rings is 5. The van der Waals surface area contributed by atoms with Crippen molar-refractivity contribution in [3.05, 3.63) is 166 Å². The first kappa shape index (κ1) is 23.2. The van der Waals surface area contributed by atoms with E-state index >= 15 is 0 Å². The SMILES string of the molecule is CN(Cc1ccccc1)Cc1cccc2c1-c1ccccc1C21c2ccccc2C(C)(C)c2ccccc21. The van der Waals surface area contributed by atoms with Gasteiger partial charge in [0.25, 0.3) is 0 Å². The van der Waals surface area contributed by atoms with Crippen LogP contribution in [0.2, 0.25) is 0 Å². The summed E-state index contributed by atoms with van der Waals surface area (Å²) >= 11 is 0. The third kappa shape index (κ3) is 3.15. The number of rotatable bonds is 4. The van der Waals surface area contributed by atoms with Crippen molar-refractivity contribution < 1.29 is 0 Å². The molecule has 0 aliphatic heterocycles. The van der Waals surface area contributed by atoms with Crippen LogP contribution in [0.3, 0.4) is 0 Å². The summed E-state index contributed by atoms with van der Waals surface area (Å²) in [6.07, 6.45) is 0. The van der Waals surface area contributed by atoms with Gasteiger partial charge in [-0.3, -0.25) is 4.90 Å². The zero-order valence-electron chi connectivity index (χ0n) is 22.4. The maximum Gasteiger partial charge on any atom is 0.0719 e. The van der Waals surface area contributed by atoms with E-state index in [2.05, 4.69) is 147 Å². The van der Waals surface area contributed by atoms with Crippen molar-refractivity contribution in [3.8, 4) is 11.1 Å². The van der Waals surface area contributed by atoms with E-state index in [4.69, 9.17) is 0 Å². The zero-order chi connectivity index (χ0) is 25.9. The van der Waals surface area contributed by atoms with Crippen LogP contribution in [0.5, 0.6) is 0 Å². The highest BCUT2D eigenvalue weighted by Crippen LogP contribution is 2.62. The zero-order valence-corrected chi connectivity index (χ0v) is 22.4. The third-order valence-corrected chi connectivity index (χ3v) is 8.90. The van der Waals surface area contributed by atoms with Gasteiger partial charge in [-0.05, 0) is 62.7 Å². The Bertz CT molecular complexity index is 1610. The molecule has 1 nitrogen and oxygen atoms in total. The summed E-state index contributed by atoms with van der Waals surface area (Å²) in [5.41, 5.74) is 13.6. The maximum absolute atomic E-state index is 2.43. The van der Waals surface area contributed by atoms with Crippen LogP contribution in [0.1, 0.15) is 58.4 Å². The molecule has 0 heterocycles. The Balaban J connectivity index is 1.48. The molecule has 2 aliphatic carbocycles. The minimum absolute atomic E-state index is 0.0658. The Morgan fingerprint density at radius 2 is 1.03 bits per heavy atom. The number of nitrogens with zero attached hydrogens (tertiary/aromatic N) is 1. The third-order valence-electron chi connectivity index (χ3n) is 8.90. The van der Waals surface area contributed by atoms with Crippen LogP contribution in [0.4, 0.5) is 0 Å². The smallest absolute Gasteiger partial charge is 0.0719 e. The maximum atomic E-state index is 2.43. The molecule has 0 unspecified atom stereocenters. The first-order valence-electron chi connectivity index (χ1n) is 13.7. The van der Waals surface area contributed by atoms with Gasteiger partial charge in [-0.25, -0.2) is 0 Å². The average molecular weight is 492 g/mol. The summed E-state index contributed by atoms with van der Waals surface area (Å²) < 4.78 is 0. The minimum Gasteiger partial charge on any atom is -0.298 e. The van der Waals surface area contributed by atoms with E-state index < -0.39 is 0 Å². The molecule has 2 aliphatic rings. The molecule has 0 saturated heterocycles. The second kappa shape index (κ2) is 8.55. The second-order valence-electron chi connectivity index (χ2n) is 11.5. The van der Waals surface area contributed by atoms with Crippen molar-refractivity contribution in [2.75, 3.05) is 7.05 Å². The quantitative estimate of drug-likeness (QED) is 0.240. The summed E-state index contributed by atoms with van der Waals surface area (Å²) in [5, 5.41) is 0. The molecule has 0 bridgehead atoms. The monoisotopic (exact) mass is 491 g/mol. The lowest BCUT2D eigenvalue weighted by Crippen LogP contribution is -2.40. The van der Waals surface area contributed by atoms with Crippen molar-refractivity contribution in [2.45, 2.75) is 37.8 Å². The largest absolute Gasteiger partial charge is 0.298 e. The van der Waals surface area contributed by atoms with Crippen LogP contribution in [-0.4, -0.2) is 11.9 Å². The van der Waals surface area contributed by atoms with Gasteiger partial charge in [0.2, 0.25) is 0 Å². The first-order valence-corrected chi connectivity index (χ1v) is 13.7. The van der Waals surface area contributed by atoms with Crippen molar-refractivity contribution >= 4 is 0 Å². The van der Waals surface area contributed by atoms with Crippen LogP contribution in [-0.2, 0) is 23.9 Å². The molecule has 0 radical (unpaired) electrons. The summed E-state index contributed by atoms with van der Waals surface area (Å²) in [6.45, 7) is 6.59. The molecule has 0 atom stereocenters. The van der Waals surface area contributed by atoms with Gasteiger partial charge >= 0.3 is 0 Å². The Labute approximate surface area is 226 Å². The summed E-state index contributed by atoms with van der Waals surface area (Å²) in [4.78, 5) is 2.43. The lowest BCUT2D eigenvalue weighted by molar-refractivity contribution is 0.319. The number of hydrogen-bond acceptors (Lipinski definition) is 1. The highest BCUT2D eigenvalue weighted by Gasteiger charge is 2.53. The van der Waals surface area contributed by atoms with Gasteiger partial charge in [-0.1, -0.05) is 135 Å². The van der Waals surface area contributed by atoms with Crippen molar-refractivity contribution in [2.24, 2.45) is 0 Å². The van der Waals surface area contributed by atoms with Crippen molar-refractivity contribution in [1.82, 2.24) is 4.90 Å². The molecule has 7 rings (SSSR count). The molecule has 186 valence electrons. The highest BCUT2D eigenvalue weighted by atomic mass is 15.1. The van der Waals surface area contributed by atoms with Gasteiger partial charge in [0.05, 0.1) is 5.41 Å². The van der Waals surface area contributed by atoms with E-state index in [9.17, 15) is 0 Å². The molecule has 38 heavy (non-hydrogen) atoms. The molecule has 5 aromatic carbocycles. The minimum atomic E-state index is -0.317. The molecule has 1 heteroatoms. The van der Waals surface area contributed by atoms with E-state index in [0.717, 1.165) is 13.1 Å². The molecule has 0 N–H and O–H groups in total. The molecule has 1 spiro atoms. The predicted molar refractivity (Wildman–Crippen MR) is 157 cm³/mol. The van der Waals surface area contributed by atoms with Gasteiger partial charge < -0.3 is 0 Å². The topological polar surface area (TPSA) is 3.24 Å². The van der Waals surface area contributed by atoms with Gasteiger partial charge in [-0.15, -0.1) is 0 Å². The predicted octanol–water partition coefficient (Wildman–Crippen LogP) is 8.32. The Morgan fingerprint density at radius 1 is 0.500 bits per heavy atom. The fourth-order valence-corrected chi connectivity index (χ4v) is 7.36. The van der Waals surface area contributed by atoms with Gasteiger partial charge in [0, 0.05) is 18.5 Å². The lowest BCUT2D eigenvalue weighted by atomic mass is 9.55. The first-order chi connectivity index (χ1) is 18.5. The standard InChI is InChI=1S/C37H33N/c1-36(2)30-19-9-11-21-32(30)37(33-22-12-10-20-31(33)36)29-18-8-7-17-28(29)35-27(16-13-23-34(35)37)25-38(3)24-26-14-5-4-6-15-26/h4-23H,24-25H2,1-3H3. The van der Waals surface area contributed by atoms with Gasteiger partial charge in [0.15, 0.2) is 0 Å². The molecular weight excluding hydrogens is 458 g/mol. The van der Waals surface area contributed by atoms with Crippen LogP contribution in [0.15, 0.2) is 121 Å². The van der Waals surface area contributed by atoms with Crippen LogP contribution >= 0.6 is 0 Å². The number of fused-ring (bicyclic) bond motifs is 9. The highest BCUT2D eigenvalue weighted by molar-refractivity contribution is 5.89. The van der Waals surface area contributed by atoms with E-state index in [-0.39, 0.29) is 10.8 Å². The van der Waals surface area contributed by atoms with E-state index in [0.29, 0.717) is 0 Å². The normalized spacial score (nSPS) is 15.6. The fraction of sp³-hybridized carbons (Fsp3) is 0.189. The molecule has 5 aromatic rings. The Morgan fingerprint density at radius 3 is 1.68 bits per heavy atom. The van der Waals surface area contributed by atoms with E-state index in [1.54, 1.807) is 0 Å². The molecule has 0 saturated carbocycles. The molecular formula is C37H33N. The van der Waals surface area contributed by atoms with Crippen LogP contribution in [0, 0.1) is 0 Å². The molecule has 0 aromatic heterocycles. The van der Waals surface area contributed by atoms with Gasteiger partial charge in [-0.2, -0.15) is 0 Å². The fourth-order valence-electron chi connectivity index (χ4n) is 7.36. The van der Waals surface area contributed by atoms with E-state index in [1.807, 2.05) is 0 Å². The van der Waals surface area contributed by atoms with Crippen molar-refractivity contribution in [1.29, 1.82) is 0 Å². The summed E-state index contributed by atoms with van der Waals surface area (Å²) in [7, 11) is 2.23. The summed E-state index contributed by atoms with van der Waals surface area (Å²) in [6, 6.07) is 45.3. The Kier molecular flexibility index (Phi) is 5.22. The second-order valence-corrected chi connectivity index (χ2v) is 11.5. The lowest BCUT2D eigenvalue weighted by Gasteiger charge is -2.46. The van der Waals surface area contributed by atoms with Gasteiger partial charge in [0.1, 0.15) is 0 Å². The van der Waals surface area contributed by atoms with Crippen LogP contribution in [0.25, 0.3) is 11.1 Å². The van der Waals surface area contributed by atoms with Crippen molar-refractivity contribution in [3.63, 3.8) is 0 Å². The molecule has 0 fully saturated rings. The number of hydrogen-bond donors (Lipinski definition) is 0. The molecule has 0 amide bonds.